The quantitative estimate of drug-likeness (QED) is 0.530. The summed E-state index contributed by atoms with van der Waals surface area (Å²) in [5, 5.41) is 3.62. The number of hydrogen-bond donors (Lipinski definition) is 1. The van der Waals surface area contributed by atoms with Crippen LogP contribution >= 0.6 is 0 Å². The van der Waals surface area contributed by atoms with Crippen molar-refractivity contribution in [2.45, 2.75) is 45.1 Å². The zero-order valence-electron chi connectivity index (χ0n) is 17.0. The first-order valence-corrected chi connectivity index (χ1v) is 9.94. The van der Waals surface area contributed by atoms with E-state index >= 15 is 0 Å². The van der Waals surface area contributed by atoms with Gasteiger partial charge in [0.2, 0.25) is 0 Å². The van der Waals surface area contributed by atoms with Gasteiger partial charge in [0.1, 0.15) is 0 Å². The minimum atomic E-state index is -0.205. The third-order valence-electron chi connectivity index (χ3n) is 5.92. The van der Waals surface area contributed by atoms with Crippen molar-refractivity contribution in [3.05, 3.63) is 107 Å². The van der Waals surface area contributed by atoms with E-state index in [1.165, 1.54) is 27.8 Å². The van der Waals surface area contributed by atoms with Gasteiger partial charge < -0.3 is 5.32 Å². The lowest BCUT2D eigenvalue weighted by atomic mass is 9.77. The number of nitrogens with one attached hydrogen (secondary N) is 1. The molecule has 2 atom stereocenters. The predicted octanol–water partition coefficient (Wildman–Crippen LogP) is 6.21. The SMILES string of the molecule is CN[C@](C)(c1ccccc1C)c1ccccc1[C@H](C)CCc1ccccc1. The van der Waals surface area contributed by atoms with E-state index in [1.54, 1.807) is 0 Å². The highest BCUT2D eigenvalue weighted by atomic mass is 14.9. The van der Waals surface area contributed by atoms with Crippen LogP contribution in [0.2, 0.25) is 0 Å². The van der Waals surface area contributed by atoms with Crippen molar-refractivity contribution < 1.29 is 0 Å². The molecule has 0 saturated heterocycles. The first-order chi connectivity index (χ1) is 13.1. The van der Waals surface area contributed by atoms with Gasteiger partial charge in [0.25, 0.3) is 0 Å². The zero-order chi connectivity index (χ0) is 19.3. The molecule has 0 aliphatic heterocycles. The molecule has 3 aromatic carbocycles. The molecule has 3 rings (SSSR count). The van der Waals surface area contributed by atoms with Crippen molar-refractivity contribution >= 4 is 0 Å². The van der Waals surface area contributed by atoms with Crippen LogP contribution in [0.3, 0.4) is 0 Å². The maximum atomic E-state index is 3.62. The Labute approximate surface area is 164 Å². The normalized spacial score (nSPS) is 14.5. The summed E-state index contributed by atoms with van der Waals surface area (Å²) in [6, 6.07) is 28.4. The molecule has 0 fully saturated rings. The summed E-state index contributed by atoms with van der Waals surface area (Å²) in [7, 11) is 2.07. The van der Waals surface area contributed by atoms with E-state index in [9.17, 15) is 0 Å². The Morgan fingerprint density at radius 2 is 1.41 bits per heavy atom. The summed E-state index contributed by atoms with van der Waals surface area (Å²) >= 11 is 0. The second-order valence-electron chi connectivity index (χ2n) is 7.70. The van der Waals surface area contributed by atoms with E-state index in [0.717, 1.165) is 12.8 Å². The first-order valence-electron chi connectivity index (χ1n) is 9.94. The Morgan fingerprint density at radius 3 is 2.07 bits per heavy atom. The van der Waals surface area contributed by atoms with Gasteiger partial charge in [0.15, 0.2) is 0 Å². The average Bonchev–Trinajstić information content (AvgIpc) is 2.72. The summed E-state index contributed by atoms with van der Waals surface area (Å²) in [5.74, 6) is 0.498. The smallest absolute Gasteiger partial charge is 0.0664 e. The van der Waals surface area contributed by atoms with Crippen LogP contribution in [0.15, 0.2) is 78.9 Å². The molecule has 0 heterocycles. The number of benzene rings is 3. The monoisotopic (exact) mass is 357 g/mol. The van der Waals surface area contributed by atoms with Crippen LogP contribution < -0.4 is 5.32 Å². The van der Waals surface area contributed by atoms with Crippen LogP contribution in [-0.4, -0.2) is 7.05 Å². The van der Waals surface area contributed by atoms with Crippen LogP contribution in [0.5, 0.6) is 0 Å². The van der Waals surface area contributed by atoms with Crippen LogP contribution in [0.1, 0.15) is 54.0 Å². The van der Waals surface area contributed by atoms with Gasteiger partial charge in [-0.05, 0) is 67.5 Å². The Kier molecular flexibility index (Phi) is 6.13. The largest absolute Gasteiger partial charge is 0.307 e. The van der Waals surface area contributed by atoms with Gasteiger partial charge in [-0.25, -0.2) is 0 Å². The zero-order valence-corrected chi connectivity index (χ0v) is 17.0. The summed E-state index contributed by atoms with van der Waals surface area (Å²) in [5.41, 5.74) is 6.69. The molecule has 1 nitrogen and oxygen atoms in total. The molecule has 0 unspecified atom stereocenters. The van der Waals surface area contributed by atoms with Crippen LogP contribution in [0.4, 0.5) is 0 Å². The van der Waals surface area contributed by atoms with Gasteiger partial charge in [0, 0.05) is 0 Å². The minimum absolute atomic E-state index is 0.205. The molecule has 0 radical (unpaired) electrons. The van der Waals surface area contributed by atoms with Gasteiger partial charge >= 0.3 is 0 Å². The molecule has 0 bridgehead atoms. The molecule has 140 valence electrons. The molecular formula is C26H31N. The third kappa shape index (κ3) is 4.14. The molecular weight excluding hydrogens is 326 g/mol. The number of rotatable bonds is 7. The fraction of sp³-hybridized carbons (Fsp3) is 0.308. The summed E-state index contributed by atoms with van der Waals surface area (Å²) in [6.07, 6.45) is 2.26. The molecule has 0 aromatic heterocycles. The lowest BCUT2D eigenvalue weighted by Crippen LogP contribution is -2.39. The number of aryl methyl sites for hydroxylation is 2. The average molecular weight is 358 g/mol. The van der Waals surface area contributed by atoms with E-state index in [-0.39, 0.29) is 5.54 Å². The number of hydrogen-bond acceptors (Lipinski definition) is 1. The van der Waals surface area contributed by atoms with Gasteiger partial charge in [0.05, 0.1) is 5.54 Å². The highest BCUT2D eigenvalue weighted by Gasteiger charge is 2.31. The van der Waals surface area contributed by atoms with Gasteiger partial charge in [-0.15, -0.1) is 0 Å². The summed E-state index contributed by atoms with van der Waals surface area (Å²) in [6.45, 7) is 6.86. The van der Waals surface area contributed by atoms with Crippen molar-refractivity contribution in [1.29, 1.82) is 0 Å². The fourth-order valence-electron chi connectivity index (χ4n) is 4.11. The molecule has 27 heavy (non-hydrogen) atoms. The molecule has 1 N–H and O–H groups in total. The molecule has 0 amide bonds. The lowest BCUT2D eigenvalue weighted by molar-refractivity contribution is 0.472. The van der Waals surface area contributed by atoms with Crippen molar-refractivity contribution in [2.75, 3.05) is 7.05 Å². The fourth-order valence-corrected chi connectivity index (χ4v) is 4.11. The van der Waals surface area contributed by atoms with E-state index in [2.05, 4.69) is 112 Å². The third-order valence-corrected chi connectivity index (χ3v) is 5.92. The Hall–Kier alpha value is -2.38. The summed E-state index contributed by atoms with van der Waals surface area (Å²) < 4.78 is 0. The maximum Gasteiger partial charge on any atom is 0.0664 e. The Bertz CT molecular complexity index is 868. The second-order valence-corrected chi connectivity index (χ2v) is 7.70. The van der Waals surface area contributed by atoms with Crippen molar-refractivity contribution in [2.24, 2.45) is 0 Å². The van der Waals surface area contributed by atoms with E-state index in [0.29, 0.717) is 5.92 Å². The molecule has 0 spiro atoms. The molecule has 0 aliphatic carbocycles. The van der Waals surface area contributed by atoms with Crippen molar-refractivity contribution in [3.63, 3.8) is 0 Å². The van der Waals surface area contributed by atoms with E-state index in [4.69, 9.17) is 0 Å². The maximum absolute atomic E-state index is 3.62. The van der Waals surface area contributed by atoms with Crippen molar-refractivity contribution in [3.8, 4) is 0 Å². The highest BCUT2D eigenvalue weighted by molar-refractivity contribution is 5.46. The van der Waals surface area contributed by atoms with Gasteiger partial charge in [-0.1, -0.05) is 85.8 Å². The van der Waals surface area contributed by atoms with Gasteiger partial charge in [-0.2, -0.15) is 0 Å². The van der Waals surface area contributed by atoms with Crippen LogP contribution in [0, 0.1) is 6.92 Å². The Balaban J connectivity index is 1.93. The molecule has 3 aromatic rings. The Morgan fingerprint density at radius 1 is 0.815 bits per heavy atom. The topological polar surface area (TPSA) is 12.0 Å². The van der Waals surface area contributed by atoms with E-state index < -0.39 is 0 Å². The molecule has 0 saturated carbocycles. The van der Waals surface area contributed by atoms with Gasteiger partial charge in [-0.3, -0.25) is 0 Å². The van der Waals surface area contributed by atoms with E-state index in [1.807, 2.05) is 0 Å². The standard InChI is InChI=1S/C26H31N/c1-20(18-19-22-13-6-5-7-14-22)23-15-9-11-17-25(23)26(3,27-4)24-16-10-8-12-21(24)2/h5-17,20,27H,18-19H2,1-4H3/t20-,26-/m1/s1. The molecule has 0 aliphatic rings. The lowest BCUT2D eigenvalue weighted by Gasteiger charge is -2.35. The highest BCUT2D eigenvalue weighted by Crippen LogP contribution is 2.37. The van der Waals surface area contributed by atoms with Crippen molar-refractivity contribution in [1.82, 2.24) is 5.32 Å². The van der Waals surface area contributed by atoms with Crippen LogP contribution in [-0.2, 0) is 12.0 Å². The predicted molar refractivity (Wildman–Crippen MR) is 116 cm³/mol. The van der Waals surface area contributed by atoms with Crippen LogP contribution in [0.25, 0.3) is 0 Å². The molecule has 1 heteroatoms. The summed E-state index contributed by atoms with van der Waals surface area (Å²) in [4.78, 5) is 0. The second kappa shape index (κ2) is 8.54. The first kappa shape index (κ1) is 19.4. The minimum Gasteiger partial charge on any atom is -0.307 e.